The molecule has 5 heteroatoms. The van der Waals surface area contributed by atoms with E-state index in [0.717, 1.165) is 6.42 Å². The van der Waals surface area contributed by atoms with Crippen LogP contribution in [0.2, 0.25) is 0 Å². The fraction of sp³-hybridized carbons (Fsp3) is 0.769. The summed E-state index contributed by atoms with van der Waals surface area (Å²) in [5.74, 6) is 3.73. The van der Waals surface area contributed by atoms with Crippen molar-refractivity contribution in [3.63, 3.8) is 0 Å². The van der Waals surface area contributed by atoms with Gasteiger partial charge in [0.05, 0.1) is 24.9 Å². The third-order valence-corrected chi connectivity index (χ3v) is 12.7. The summed E-state index contributed by atoms with van der Waals surface area (Å²) in [5, 5.41) is 0. The minimum Gasteiger partial charge on any atom is -0.497 e. The molecular weight excluding hydrogens is 408 g/mol. The van der Waals surface area contributed by atoms with Gasteiger partial charge < -0.3 is 9.47 Å². The van der Waals surface area contributed by atoms with E-state index < -0.39 is 9.84 Å². The molecule has 5 rings (SSSR count). The normalized spacial score (nSPS) is 44.5. The van der Waals surface area contributed by atoms with Crippen LogP contribution in [0.5, 0.6) is 11.5 Å². The average Bonchev–Trinajstić information content (AvgIpc) is 3.23. The molecule has 3 unspecified atom stereocenters. The van der Waals surface area contributed by atoms with Gasteiger partial charge in [0.1, 0.15) is 11.5 Å². The van der Waals surface area contributed by atoms with Crippen LogP contribution in [0.1, 0.15) is 60.3 Å². The maximum atomic E-state index is 13.9. The molecule has 1 aromatic rings. The van der Waals surface area contributed by atoms with Crippen molar-refractivity contribution < 1.29 is 17.9 Å². The average molecular weight is 447 g/mol. The lowest BCUT2D eigenvalue weighted by Crippen LogP contribution is -2.53. The summed E-state index contributed by atoms with van der Waals surface area (Å²) in [6.45, 7) is 12.1. The molecule has 4 nitrogen and oxygen atoms in total. The standard InChI is InChI=1S/C26H38O4S/c1-16-20-14-21-23(2,3)9-8-10-24(21,4)26(22(20)25(16,26)5)15-31(27,28)19-12-17(29-6)11-18(13-19)30-7/h11-13,16,20-22H,8-10,14-15H2,1-7H3/t16?,20?,21-,22-,24-,25-,26?/m0/s1. The van der Waals surface area contributed by atoms with Gasteiger partial charge in [-0.05, 0) is 76.7 Å². The second kappa shape index (κ2) is 6.21. The first-order valence-corrected chi connectivity index (χ1v) is 13.5. The fourth-order valence-corrected chi connectivity index (χ4v) is 11.6. The molecule has 0 radical (unpaired) electrons. The van der Waals surface area contributed by atoms with Gasteiger partial charge in [0.15, 0.2) is 9.84 Å². The Labute approximate surface area is 188 Å². The number of ether oxygens (including phenoxy) is 2. The van der Waals surface area contributed by atoms with E-state index >= 15 is 0 Å². The molecule has 4 fully saturated rings. The van der Waals surface area contributed by atoms with Gasteiger partial charge in [0.25, 0.3) is 0 Å². The van der Waals surface area contributed by atoms with Crippen LogP contribution < -0.4 is 9.47 Å². The molecule has 0 saturated heterocycles. The zero-order valence-electron chi connectivity index (χ0n) is 20.1. The Morgan fingerprint density at radius 2 is 1.61 bits per heavy atom. The van der Waals surface area contributed by atoms with Crippen molar-refractivity contribution in [2.24, 2.45) is 45.3 Å². The molecule has 4 aliphatic rings. The van der Waals surface area contributed by atoms with Crippen LogP contribution in [0.25, 0.3) is 0 Å². The molecule has 172 valence electrons. The molecule has 0 bridgehead atoms. The maximum Gasteiger partial charge on any atom is 0.179 e. The van der Waals surface area contributed by atoms with Crippen LogP contribution in [0, 0.1) is 45.3 Å². The number of benzene rings is 1. The first-order chi connectivity index (χ1) is 14.4. The van der Waals surface area contributed by atoms with Gasteiger partial charge in [-0.2, -0.15) is 0 Å². The number of methoxy groups -OCH3 is 2. The second-order valence-corrected chi connectivity index (χ2v) is 14.0. The van der Waals surface area contributed by atoms with Gasteiger partial charge in [0.2, 0.25) is 0 Å². The number of rotatable bonds is 5. The van der Waals surface area contributed by atoms with Crippen LogP contribution in [0.15, 0.2) is 23.1 Å². The summed E-state index contributed by atoms with van der Waals surface area (Å²) in [6.07, 6.45) is 4.89. The zero-order chi connectivity index (χ0) is 22.6. The zero-order valence-corrected chi connectivity index (χ0v) is 20.9. The van der Waals surface area contributed by atoms with E-state index in [1.807, 2.05) is 0 Å². The Balaban J connectivity index is 1.61. The predicted octanol–water partition coefficient (Wildman–Crippen LogP) is 5.60. The summed E-state index contributed by atoms with van der Waals surface area (Å²) in [4.78, 5) is 0.331. The van der Waals surface area contributed by atoms with Crippen molar-refractivity contribution in [3.8, 4) is 11.5 Å². The fourth-order valence-electron chi connectivity index (χ4n) is 9.44. The third kappa shape index (κ3) is 2.40. The van der Waals surface area contributed by atoms with Crippen LogP contribution in [-0.4, -0.2) is 28.4 Å². The molecule has 0 amide bonds. The number of fused-ring (bicyclic) bond motifs is 3. The summed E-state index contributed by atoms with van der Waals surface area (Å²) in [6, 6.07) is 5.06. The summed E-state index contributed by atoms with van der Waals surface area (Å²) < 4.78 is 38.6. The third-order valence-electron chi connectivity index (χ3n) is 10.9. The Morgan fingerprint density at radius 3 is 2.19 bits per heavy atom. The van der Waals surface area contributed by atoms with Crippen LogP contribution in [-0.2, 0) is 9.84 Å². The van der Waals surface area contributed by atoms with Crippen molar-refractivity contribution in [2.45, 2.75) is 65.2 Å². The lowest BCUT2D eigenvalue weighted by molar-refractivity contribution is -0.0880. The maximum absolute atomic E-state index is 13.9. The molecule has 4 aliphatic carbocycles. The summed E-state index contributed by atoms with van der Waals surface area (Å²) in [7, 11) is -0.366. The quantitative estimate of drug-likeness (QED) is 0.590. The number of sulfone groups is 1. The molecule has 0 N–H and O–H groups in total. The van der Waals surface area contributed by atoms with Gasteiger partial charge in [-0.3, -0.25) is 0 Å². The van der Waals surface area contributed by atoms with E-state index in [1.54, 1.807) is 32.4 Å². The van der Waals surface area contributed by atoms with E-state index in [-0.39, 0.29) is 27.4 Å². The highest BCUT2D eigenvalue weighted by molar-refractivity contribution is 7.91. The molecule has 0 spiro atoms. The highest BCUT2D eigenvalue weighted by Gasteiger charge is 2.92. The molecule has 0 aliphatic heterocycles. The van der Waals surface area contributed by atoms with Crippen molar-refractivity contribution in [2.75, 3.05) is 20.0 Å². The highest BCUT2D eigenvalue weighted by atomic mass is 32.2. The van der Waals surface area contributed by atoms with Crippen LogP contribution in [0.3, 0.4) is 0 Å². The van der Waals surface area contributed by atoms with Crippen molar-refractivity contribution in [1.29, 1.82) is 0 Å². The lowest BCUT2D eigenvalue weighted by atomic mass is 9.47. The molecule has 4 saturated carbocycles. The molecule has 31 heavy (non-hydrogen) atoms. The van der Waals surface area contributed by atoms with Gasteiger partial charge in [0, 0.05) is 6.07 Å². The Hall–Kier alpha value is -1.23. The predicted molar refractivity (Wildman–Crippen MR) is 122 cm³/mol. The summed E-state index contributed by atoms with van der Waals surface area (Å²) in [5.41, 5.74) is 0.371. The minimum atomic E-state index is -3.50. The number of hydrogen-bond acceptors (Lipinski definition) is 4. The lowest BCUT2D eigenvalue weighted by Gasteiger charge is -2.58. The Bertz CT molecular complexity index is 1010. The first-order valence-electron chi connectivity index (χ1n) is 11.8. The van der Waals surface area contributed by atoms with Crippen molar-refractivity contribution in [3.05, 3.63) is 18.2 Å². The largest absolute Gasteiger partial charge is 0.497 e. The number of hydrogen-bond donors (Lipinski definition) is 0. The summed E-state index contributed by atoms with van der Waals surface area (Å²) >= 11 is 0. The molecule has 0 aromatic heterocycles. The van der Waals surface area contributed by atoms with E-state index in [2.05, 4.69) is 34.6 Å². The van der Waals surface area contributed by atoms with E-state index in [4.69, 9.17) is 9.47 Å². The molecule has 0 heterocycles. The van der Waals surface area contributed by atoms with Gasteiger partial charge in [-0.25, -0.2) is 8.42 Å². The van der Waals surface area contributed by atoms with Gasteiger partial charge in [-0.1, -0.05) is 41.0 Å². The van der Waals surface area contributed by atoms with E-state index in [0.29, 0.717) is 40.1 Å². The van der Waals surface area contributed by atoms with Crippen molar-refractivity contribution >= 4 is 9.84 Å². The highest BCUT2D eigenvalue weighted by Crippen LogP contribution is 2.95. The monoisotopic (exact) mass is 446 g/mol. The SMILES string of the molecule is COc1cc(OC)cc(S(=O)(=O)CC23[C@H]4C(C[C@H]5C(C)(C)CCC[C@@]52C)C(C)[C@@]43C)c1. The van der Waals surface area contributed by atoms with Gasteiger partial charge >= 0.3 is 0 Å². The second-order valence-electron chi connectivity index (χ2n) is 12.0. The molecule has 1 aromatic carbocycles. The van der Waals surface area contributed by atoms with Crippen LogP contribution >= 0.6 is 0 Å². The van der Waals surface area contributed by atoms with E-state index in [1.165, 1.54) is 19.3 Å². The smallest absolute Gasteiger partial charge is 0.179 e. The first kappa shape index (κ1) is 21.6. The Kier molecular flexibility index (Phi) is 4.33. The minimum absolute atomic E-state index is 0.0749. The molecule has 7 atom stereocenters. The topological polar surface area (TPSA) is 52.6 Å². The Morgan fingerprint density at radius 1 is 1.00 bits per heavy atom. The van der Waals surface area contributed by atoms with E-state index in [9.17, 15) is 8.42 Å². The van der Waals surface area contributed by atoms with Crippen molar-refractivity contribution in [1.82, 2.24) is 0 Å². The van der Waals surface area contributed by atoms with Crippen LogP contribution in [0.4, 0.5) is 0 Å². The van der Waals surface area contributed by atoms with Gasteiger partial charge in [-0.15, -0.1) is 0 Å². The molecular formula is C26H38O4S.